The number of aliphatic hydroxyl groups excluding tert-OH is 2. The van der Waals surface area contributed by atoms with Gasteiger partial charge < -0.3 is 14.8 Å². The van der Waals surface area contributed by atoms with Crippen molar-refractivity contribution in [2.24, 2.45) is 0 Å². The molecule has 2 N–H and O–H groups in total. The van der Waals surface area contributed by atoms with Gasteiger partial charge in [-0.15, -0.1) is 0 Å². The van der Waals surface area contributed by atoms with E-state index in [0.29, 0.717) is 12.4 Å². The second-order valence-corrected chi connectivity index (χ2v) is 2.37. The van der Waals surface area contributed by atoms with Crippen LogP contribution >= 0.6 is 0 Å². The first-order chi connectivity index (χ1) is 5.27. The number of imidazole rings is 1. The topological polar surface area (TPSA) is 58.3 Å². The van der Waals surface area contributed by atoms with E-state index in [1.54, 1.807) is 4.57 Å². The zero-order valence-corrected chi connectivity index (χ0v) is 6.49. The predicted molar refractivity (Wildman–Crippen MR) is 40.0 cm³/mol. The van der Waals surface area contributed by atoms with Crippen molar-refractivity contribution in [3.63, 3.8) is 0 Å². The molecule has 4 heteroatoms. The molecule has 0 amide bonds. The molecule has 1 aromatic rings. The third-order valence-corrected chi connectivity index (χ3v) is 1.46. The number of aliphatic hydroxyl groups is 2. The molecule has 0 atom stereocenters. The SMILES string of the molecule is Cc1cn(CCO)c(CO)n1. The lowest BCUT2D eigenvalue weighted by molar-refractivity contribution is 0.247. The van der Waals surface area contributed by atoms with Gasteiger partial charge in [-0.25, -0.2) is 4.98 Å². The summed E-state index contributed by atoms with van der Waals surface area (Å²) >= 11 is 0. The molecule has 0 saturated heterocycles. The van der Waals surface area contributed by atoms with Gasteiger partial charge in [0.25, 0.3) is 0 Å². The fraction of sp³-hybridized carbons (Fsp3) is 0.571. The highest BCUT2D eigenvalue weighted by atomic mass is 16.3. The van der Waals surface area contributed by atoms with E-state index in [2.05, 4.69) is 4.98 Å². The summed E-state index contributed by atoms with van der Waals surface area (Å²) < 4.78 is 1.75. The smallest absolute Gasteiger partial charge is 0.134 e. The van der Waals surface area contributed by atoms with Gasteiger partial charge >= 0.3 is 0 Å². The minimum atomic E-state index is -0.0756. The Hall–Kier alpha value is -0.870. The third kappa shape index (κ3) is 1.78. The van der Waals surface area contributed by atoms with Crippen molar-refractivity contribution in [3.05, 3.63) is 17.7 Å². The van der Waals surface area contributed by atoms with Crippen molar-refractivity contribution in [2.45, 2.75) is 20.1 Å². The van der Waals surface area contributed by atoms with Gasteiger partial charge in [0.1, 0.15) is 12.4 Å². The molecule has 0 fully saturated rings. The second-order valence-electron chi connectivity index (χ2n) is 2.37. The van der Waals surface area contributed by atoms with Crippen molar-refractivity contribution in [3.8, 4) is 0 Å². The molecular weight excluding hydrogens is 144 g/mol. The summed E-state index contributed by atoms with van der Waals surface area (Å²) in [5, 5.41) is 17.4. The van der Waals surface area contributed by atoms with Gasteiger partial charge in [-0.3, -0.25) is 0 Å². The van der Waals surface area contributed by atoms with Crippen LogP contribution in [0.4, 0.5) is 0 Å². The van der Waals surface area contributed by atoms with Gasteiger partial charge in [0, 0.05) is 12.7 Å². The van der Waals surface area contributed by atoms with Gasteiger partial charge in [0.15, 0.2) is 0 Å². The van der Waals surface area contributed by atoms with Crippen LogP contribution in [-0.4, -0.2) is 26.4 Å². The van der Waals surface area contributed by atoms with Gasteiger partial charge in [-0.1, -0.05) is 0 Å². The lowest BCUT2D eigenvalue weighted by atomic mass is 10.5. The Morgan fingerprint density at radius 1 is 1.55 bits per heavy atom. The maximum absolute atomic E-state index is 8.79. The minimum Gasteiger partial charge on any atom is -0.395 e. The van der Waals surface area contributed by atoms with Crippen LogP contribution in [-0.2, 0) is 13.2 Å². The summed E-state index contributed by atoms with van der Waals surface area (Å²) in [4.78, 5) is 4.05. The van der Waals surface area contributed by atoms with E-state index in [9.17, 15) is 0 Å². The molecule has 4 nitrogen and oxygen atoms in total. The predicted octanol–water partition coefficient (Wildman–Crippen LogP) is -0.324. The fourth-order valence-corrected chi connectivity index (χ4v) is 1.02. The molecule has 1 rings (SSSR count). The highest BCUT2D eigenvalue weighted by Gasteiger charge is 2.01. The monoisotopic (exact) mass is 156 g/mol. The number of aromatic nitrogens is 2. The van der Waals surface area contributed by atoms with E-state index >= 15 is 0 Å². The van der Waals surface area contributed by atoms with Gasteiger partial charge in [-0.05, 0) is 6.92 Å². The Labute approximate surface area is 65.1 Å². The first-order valence-electron chi connectivity index (χ1n) is 3.52. The molecule has 62 valence electrons. The highest BCUT2D eigenvalue weighted by molar-refractivity contribution is 5.00. The summed E-state index contributed by atoms with van der Waals surface area (Å²) in [6, 6.07) is 0. The van der Waals surface area contributed by atoms with Gasteiger partial charge in [0.2, 0.25) is 0 Å². The standard InChI is InChI=1S/C7H12N2O2/c1-6-4-9(2-3-10)7(5-11)8-6/h4,10-11H,2-3,5H2,1H3. The Kier molecular flexibility index (Phi) is 2.62. The van der Waals surface area contributed by atoms with Crippen molar-refractivity contribution < 1.29 is 10.2 Å². The van der Waals surface area contributed by atoms with E-state index in [1.165, 1.54) is 0 Å². The maximum Gasteiger partial charge on any atom is 0.134 e. The molecule has 0 aliphatic heterocycles. The number of hydrogen-bond acceptors (Lipinski definition) is 3. The summed E-state index contributed by atoms with van der Waals surface area (Å²) in [6.45, 7) is 2.35. The van der Waals surface area contributed by atoms with Crippen LogP contribution in [0.15, 0.2) is 6.20 Å². The molecule has 0 unspecified atom stereocenters. The molecule has 0 aliphatic rings. The average Bonchev–Trinajstić information content (AvgIpc) is 2.32. The van der Waals surface area contributed by atoms with E-state index in [1.807, 2.05) is 13.1 Å². The molecule has 0 spiro atoms. The number of hydrogen-bond donors (Lipinski definition) is 2. The van der Waals surface area contributed by atoms with Crippen molar-refractivity contribution in [1.82, 2.24) is 9.55 Å². The normalized spacial score (nSPS) is 10.5. The Morgan fingerprint density at radius 3 is 2.82 bits per heavy atom. The van der Waals surface area contributed by atoms with Crippen LogP contribution in [0.1, 0.15) is 11.5 Å². The number of rotatable bonds is 3. The minimum absolute atomic E-state index is 0.0722. The summed E-state index contributed by atoms with van der Waals surface area (Å²) in [5.41, 5.74) is 0.863. The van der Waals surface area contributed by atoms with Crippen molar-refractivity contribution >= 4 is 0 Å². The van der Waals surface area contributed by atoms with Gasteiger partial charge in [-0.2, -0.15) is 0 Å². The molecule has 0 aliphatic carbocycles. The average molecular weight is 156 g/mol. The van der Waals surface area contributed by atoms with Crippen LogP contribution in [0.25, 0.3) is 0 Å². The molecule has 1 aromatic heterocycles. The molecule has 0 aromatic carbocycles. The first kappa shape index (κ1) is 8.23. The molecule has 0 bridgehead atoms. The quantitative estimate of drug-likeness (QED) is 0.630. The van der Waals surface area contributed by atoms with Gasteiger partial charge in [0.05, 0.1) is 12.3 Å². The molecule has 1 heterocycles. The summed E-state index contributed by atoms with van der Waals surface area (Å²) in [7, 11) is 0. The first-order valence-corrected chi connectivity index (χ1v) is 3.52. The number of nitrogens with zero attached hydrogens (tertiary/aromatic N) is 2. The highest BCUT2D eigenvalue weighted by Crippen LogP contribution is 2.01. The van der Waals surface area contributed by atoms with E-state index in [0.717, 1.165) is 5.69 Å². The van der Waals surface area contributed by atoms with Crippen LogP contribution in [0.3, 0.4) is 0 Å². The van der Waals surface area contributed by atoms with E-state index in [-0.39, 0.29) is 13.2 Å². The van der Waals surface area contributed by atoms with Crippen molar-refractivity contribution in [2.75, 3.05) is 6.61 Å². The van der Waals surface area contributed by atoms with E-state index in [4.69, 9.17) is 10.2 Å². The Bertz CT molecular complexity index is 232. The summed E-state index contributed by atoms with van der Waals surface area (Å²) in [6.07, 6.45) is 1.81. The van der Waals surface area contributed by atoms with Crippen LogP contribution in [0.5, 0.6) is 0 Å². The lowest BCUT2D eigenvalue weighted by Gasteiger charge is -2.00. The zero-order valence-electron chi connectivity index (χ0n) is 6.49. The maximum atomic E-state index is 8.79. The lowest BCUT2D eigenvalue weighted by Crippen LogP contribution is -2.05. The molecular formula is C7H12N2O2. The molecule has 11 heavy (non-hydrogen) atoms. The zero-order chi connectivity index (χ0) is 8.27. The van der Waals surface area contributed by atoms with Crippen LogP contribution in [0.2, 0.25) is 0 Å². The summed E-state index contributed by atoms with van der Waals surface area (Å²) in [5.74, 6) is 0.608. The van der Waals surface area contributed by atoms with Crippen LogP contribution < -0.4 is 0 Å². The Morgan fingerprint density at radius 2 is 2.27 bits per heavy atom. The number of aryl methyl sites for hydroxylation is 1. The molecule has 0 saturated carbocycles. The fourth-order valence-electron chi connectivity index (χ4n) is 1.02. The molecule has 0 radical (unpaired) electrons. The van der Waals surface area contributed by atoms with Crippen LogP contribution in [0, 0.1) is 6.92 Å². The largest absolute Gasteiger partial charge is 0.395 e. The second kappa shape index (κ2) is 3.50. The van der Waals surface area contributed by atoms with Crippen molar-refractivity contribution in [1.29, 1.82) is 0 Å². The third-order valence-electron chi connectivity index (χ3n) is 1.46. The van der Waals surface area contributed by atoms with E-state index < -0.39 is 0 Å². The Balaban J connectivity index is 2.83.